The summed E-state index contributed by atoms with van der Waals surface area (Å²) in [6.45, 7) is 3.90. The van der Waals surface area contributed by atoms with Crippen LogP contribution >= 0.6 is 11.3 Å². The number of amides is 1. The van der Waals surface area contributed by atoms with Crippen molar-refractivity contribution in [3.05, 3.63) is 87.4 Å². The third kappa shape index (κ3) is 4.49. The first-order valence-corrected chi connectivity index (χ1v) is 10.2. The summed E-state index contributed by atoms with van der Waals surface area (Å²) in [6.07, 6.45) is 4.43. The number of hydrogen-bond acceptors (Lipinski definition) is 4. The van der Waals surface area contributed by atoms with E-state index in [0.29, 0.717) is 13.2 Å². The van der Waals surface area contributed by atoms with Crippen LogP contribution in [0, 0.1) is 6.92 Å². The van der Waals surface area contributed by atoms with E-state index >= 15 is 0 Å². The van der Waals surface area contributed by atoms with Crippen LogP contribution in [-0.2, 0) is 24.4 Å². The maximum absolute atomic E-state index is 12.5. The van der Waals surface area contributed by atoms with E-state index in [1.165, 1.54) is 11.1 Å². The number of aromatic nitrogens is 1. The van der Waals surface area contributed by atoms with Gasteiger partial charge < -0.3 is 9.64 Å². The van der Waals surface area contributed by atoms with Gasteiger partial charge in [0.15, 0.2) is 0 Å². The summed E-state index contributed by atoms with van der Waals surface area (Å²) < 4.78 is 5.76. The van der Waals surface area contributed by atoms with Crippen LogP contribution in [0.4, 0.5) is 0 Å². The Labute approximate surface area is 169 Å². The van der Waals surface area contributed by atoms with E-state index < -0.39 is 0 Å². The van der Waals surface area contributed by atoms with E-state index in [-0.39, 0.29) is 5.91 Å². The number of rotatable bonds is 5. The van der Waals surface area contributed by atoms with Crippen molar-refractivity contribution in [1.82, 2.24) is 9.88 Å². The first-order valence-electron chi connectivity index (χ1n) is 9.35. The number of benzene rings is 2. The predicted molar refractivity (Wildman–Crippen MR) is 112 cm³/mol. The molecule has 0 unspecified atom stereocenters. The zero-order valence-electron chi connectivity index (χ0n) is 15.8. The van der Waals surface area contributed by atoms with Gasteiger partial charge >= 0.3 is 0 Å². The van der Waals surface area contributed by atoms with Gasteiger partial charge in [0.1, 0.15) is 12.4 Å². The summed E-state index contributed by atoms with van der Waals surface area (Å²) in [7, 11) is 0. The van der Waals surface area contributed by atoms with Crippen molar-refractivity contribution in [2.24, 2.45) is 0 Å². The lowest BCUT2D eigenvalue weighted by atomic mass is 10.00. The molecule has 2 heterocycles. The minimum absolute atomic E-state index is 0.0498. The molecule has 5 heteroatoms. The highest BCUT2D eigenvalue weighted by Crippen LogP contribution is 2.19. The van der Waals surface area contributed by atoms with Crippen molar-refractivity contribution in [3.63, 3.8) is 0 Å². The summed E-state index contributed by atoms with van der Waals surface area (Å²) in [6, 6.07) is 16.1. The van der Waals surface area contributed by atoms with Crippen LogP contribution in [0.15, 0.2) is 60.0 Å². The molecule has 4 nitrogen and oxygen atoms in total. The zero-order valence-corrected chi connectivity index (χ0v) is 16.6. The first-order chi connectivity index (χ1) is 13.7. The largest absolute Gasteiger partial charge is 0.487 e. The van der Waals surface area contributed by atoms with Crippen molar-refractivity contribution >= 4 is 23.3 Å². The fourth-order valence-corrected chi connectivity index (χ4v) is 3.86. The molecule has 1 aliphatic rings. The van der Waals surface area contributed by atoms with Crippen molar-refractivity contribution < 1.29 is 9.53 Å². The van der Waals surface area contributed by atoms with Crippen LogP contribution in [-0.4, -0.2) is 22.3 Å². The van der Waals surface area contributed by atoms with E-state index in [4.69, 9.17) is 4.74 Å². The first kappa shape index (κ1) is 18.4. The number of fused-ring (bicyclic) bond motifs is 1. The van der Waals surface area contributed by atoms with Crippen LogP contribution in [0.25, 0.3) is 6.08 Å². The molecule has 1 amide bonds. The second kappa shape index (κ2) is 8.40. The third-order valence-electron chi connectivity index (χ3n) is 4.79. The van der Waals surface area contributed by atoms with Gasteiger partial charge in [0.2, 0.25) is 5.91 Å². The Bertz CT molecular complexity index is 992. The number of thiazole rings is 1. The molecule has 0 saturated heterocycles. The van der Waals surface area contributed by atoms with Crippen LogP contribution in [0.2, 0.25) is 0 Å². The lowest BCUT2D eigenvalue weighted by Gasteiger charge is -2.27. The summed E-state index contributed by atoms with van der Waals surface area (Å²) in [5.74, 6) is 0.843. The van der Waals surface area contributed by atoms with E-state index in [0.717, 1.165) is 35.0 Å². The number of aryl methyl sites for hydroxylation is 1. The standard InChI is InChI=1S/C23H22N2O2S/c1-17-24-21(16-28-17)15-27-22-9-6-18(7-10-22)8-11-23(26)25-13-12-19-4-2-3-5-20(19)14-25/h2-11,16H,12-15H2,1H3/b11-8+. The molecule has 0 aliphatic carbocycles. The monoisotopic (exact) mass is 390 g/mol. The lowest BCUT2D eigenvalue weighted by Crippen LogP contribution is -2.34. The Hall–Kier alpha value is -2.92. The number of hydrogen-bond donors (Lipinski definition) is 0. The van der Waals surface area contributed by atoms with Crippen LogP contribution < -0.4 is 4.74 Å². The fourth-order valence-electron chi connectivity index (χ4n) is 3.26. The van der Waals surface area contributed by atoms with Gasteiger partial charge in [0.05, 0.1) is 10.7 Å². The average molecular weight is 391 g/mol. The minimum atomic E-state index is 0.0498. The van der Waals surface area contributed by atoms with Gasteiger partial charge in [-0.3, -0.25) is 4.79 Å². The Morgan fingerprint density at radius 3 is 2.71 bits per heavy atom. The molecule has 142 valence electrons. The fraction of sp³-hybridized carbons (Fsp3) is 0.217. The second-order valence-corrected chi connectivity index (χ2v) is 7.89. The lowest BCUT2D eigenvalue weighted by molar-refractivity contribution is -0.126. The van der Waals surface area contributed by atoms with Crippen LogP contribution in [0.5, 0.6) is 5.75 Å². The molecular weight excluding hydrogens is 368 g/mol. The Kier molecular flexibility index (Phi) is 5.53. The van der Waals surface area contributed by atoms with Gasteiger partial charge in [-0.15, -0.1) is 11.3 Å². The van der Waals surface area contributed by atoms with Crippen molar-refractivity contribution in [3.8, 4) is 5.75 Å². The van der Waals surface area contributed by atoms with Gasteiger partial charge in [0.25, 0.3) is 0 Å². The molecule has 0 radical (unpaired) electrons. The number of ether oxygens (including phenoxy) is 1. The van der Waals surface area contributed by atoms with Gasteiger partial charge in [-0.05, 0) is 48.2 Å². The molecule has 1 aromatic heterocycles. The van der Waals surface area contributed by atoms with Crippen molar-refractivity contribution in [2.45, 2.75) is 26.5 Å². The van der Waals surface area contributed by atoms with E-state index in [2.05, 4.69) is 23.2 Å². The topological polar surface area (TPSA) is 42.4 Å². The molecule has 0 spiro atoms. The summed E-state index contributed by atoms with van der Waals surface area (Å²) in [5.41, 5.74) is 4.51. The molecular formula is C23H22N2O2S. The highest BCUT2D eigenvalue weighted by Gasteiger charge is 2.18. The summed E-state index contributed by atoms with van der Waals surface area (Å²) in [5, 5.41) is 3.05. The highest BCUT2D eigenvalue weighted by atomic mass is 32.1. The quantitative estimate of drug-likeness (QED) is 0.597. The summed E-state index contributed by atoms with van der Waals surface area (Å²) in [4.78, 5) is 18.8. The van der Waals surface area contributed by atoms with E-state index in [1.807, 2.05) is 53.6 Å². The number of carbonyl (C=O) groups excluding carboxylic acids is 1. The maximum atomic E-state index is 12.5. The summed E-state index contributed by atoms with van der Waals surface area (Å²) >= 11 is 1.62. The molecule has 1 aliphatic heterocycles. The molecule has 3 aromatic rings. The van der Waals surface area contributed by atoms with Gasteiger partial charge in [0, 0.05) is 24.5 Å². The molecule has 0 saturated carbocycles. The average Bonchev–Trinajstić information content (AvgIpc) is 3.16. The number of nitrogens with zero attached hydrogens (tertiary/aromatic N) is 2. The molecule has 0 N–H and O–H groups in total. The minimum Gasteiger partial charge on any atom is -0.487 e. The van der Waals surface area contributed by atoms with E-state index in [1.54, 1.807) is 17.4 Å². The molecule has 28 heavy (non-hydrogen) atoms. The van der Waals surface area contributed by atoms with E-state index in [9.17, 15) is 4.79 Å². The molecule has 2 aromatic carbocycles. The molecule has 0 atom stereocenters. The second-order valence-electron chi connectivity index (χ2n) is 6.83. The molecule has 0 bridgehead atoms. The smallest absolute Gasteiger partial charge is 0.246 e. The maximum Gasteiger partial charge on any atom is 0.246 e. The molecule has 4 rings (SSSR count). The Balaban J connectivity index is 1.32. The van der Waals surface area contributed by atoms with Gasteiger partial charge in [-0.2, -0.15) is 0 Å². The van der Waals surface area contributed by atoms with Gasteiger partial charge in [-0.1, -0.05) is 36.4 Å². The Morgan fingerprint density at radius 2 is 1.96 bits per heavy atom. The van der Waals surface area contributed by atoms with Crippen LogP contribution in [0.3, 0.4) is 0 Å². The highest BCUT2D eigenvalue weighted by molar-refractivity contribution is 7.09. The predicted octanol–water partition coefficient (Wildman–Crippen LogP) is 4.63. The Morgan fingerprint density at radius 1 is 1.18 bits per heavy atom. The van der Waals surface area contributed by atoms with Crippen molar-refractivity contribution in [2.75, 3.05) is 6.54 Å². The normalized spacial score (nSPS) is 13.5. The van der Waals surface area contributed by atoms with Crippen molar-refractivity contribution in [1.29, 1.82) is 0 Å². The third-order valence-corrected chi connectivity index (χ3v) is 5.62. The van der Waals surface area contributed by atoms with Crippen LogP contribution in [0.1, 0.15) is 27.4 Å². The number of carbonyl (C=O) groups is 1. The molecule has 0 fully saturated rings. The van der Waals surface area contributed by atoms with Gasteiger partial charge in [-0.25, -0.2) is 4.98 Å². The SMILES string of the molecule is Cc1nc(COc2ccc(/C=C/C(=O)N3CCc4ccccc4C3)cc2)cs1. The zero-order chi connectivity index (χ0) is 19.3.